The number of hydrogen-bond acceptors (Lipinski definition) is 5. The second-order valence-corrected chi connectivity index (χ2v) is 8.27. The first-order chi connectivity index (χ1) is 12.8. The zero-order chi connectivity index (χ0) is 19.4. The first-order valence-electron chi connectivity index (χ1n) is 8.40. The van der Waals surface area contributed by atoms with E-state index in [9.17, 15) is 4.79 Å². The smallest absolute Gasteiger partial charge is 0.313 e. The van der Waals surface area contributed by atoms with E-state index in [-0.39, 0.29) is 11.0 Å². The number of oxime groups is 1. The van der Waals surface area contributed by atoms with Crippen molar-refractivity contribution in [3.8, 4) is 10.6 Å². The van der Waals surface area contributed by atoms with Crippen molar-refractivity contribution < 1.29 is 9.63 Å². The zero-order valence-electron chi connectivity index (χ0n) is 15.3. The molecule has 0 radical (unpaired) electrons. The Morgan fingerprint density at radius 1 is 1.15 bits per heavy atom. The summed E-state index contributed by atoms with van der Waals surface area (Å²) in [5.41, 5.74) is 3.26. The first kappa shape index (κ1) is 19.3. The number of aromatic nitrogens is 1. The van der Waals surface area contributed by atoms with Gasteiger partial charge < -0.3 is 4.84 Å². The Kier molecular flexibility index (Phi) is 5.73. The molecule has 0 saturated heterocycles. The summed E-state index contributed by atoms with van der Waals surface area (Å²) < 4.78 is 0. The van der Waals surface area contributed by atoms with E-state index in [2.05, 4.69) is 31.3 Å². The lowest BCUT2D eigenvalue weighted by Gasteiger charge is -2.14. The van der Waals surface area contributed by atoms with Gasteiger partial charge in [-0.05, 0) is 17.7 Å². The number of rotatable bonds is 4. The van der Waals surface area contributed by atoms with E-state index < -0.39 is 5.97 Å². The SMILES string of the molecule is CC(C)(C)c1csc(-c2ccc(/C=N\OC(=O)c3ccccc3Cl)cc2)n1. The second kappa shape index (κ2) is 8.03. The molecule has 0 fully saturated rings. The third-order valence-corrected chi connectivity index (χ3v) is 5.08. The molecular weight excluding hydrogens is 380 g/mol. The predicted molar refractivity (Wildman–Crippen MR) is 111 cm³/mol. The van der Waals surface area contributed by atoms with Gasteiger partial charge in [0.05, 0.1) is 22.5 Å². The van der Waals surface area contributed by atoms with Gasteiger partial charge in [-0.1, -0.05) is 73.9 Å². The maximum Gasteiger partial charge on any atom is 0.367 e. The normalized spacial score (nSPS) is 11.7. The summed E-state index contributed by atoms with van der Waals surface area (Å²) >= 11 is 7.59. The van der Waals surface area contributed by atoms with Crippen LogP contribution in [0.4, 0.5) is 0 Å². The van der Waals surface area contributed by atoms with Crippen LogP contribution in [0.3, 0.4) is 0 Å². The molecule has 138 valence electrons. The molecule has 0 N–H and O–H groups in total. The topological polar surface area (TPSA) is 51.5 Å². The minimum atomic E-state index is -0.592. The Hall–Kier alpha value is -2.50. The van der Waals surface area contributed by atoms with Crippen molar-refractivity contribution in [2.45, 2.75) is 26.2 Å². The maximum absolute atomic E-state index is 12.0. The fraction of sp³-hybridized carbons (Fsp3) is 0.190. The Balaban J connectivity index is 1.65. The average Bonchev–Trinajstić information content (AvgIpc) is 3.13. The molecular formula is C21H19ClN2O2S. The maximum atomic E-state index is 12.0. The summed E-state index contributed by atoms with van der Waals surface area (Å²) in [6, 6.07) is 14.4. The Bertz CT molecular complexity index is 972. The molecule has 0 aliphatic rings. The standard InChI is InChI=1S/C21H19ClN2O2S/c1-21(2,3)18-13-27-19(24-18)15-10-8-14(9-11-15)12-23-26-20(25)16-6-4-5-7-17(16)22/h4-13H,1-3H3/b23-12-. The van der Waals surface area contributed by atoms with Crippen molar-refractivity contribution in [1.82, 2.24) is 4.98 Å². The fourth-order valence-corrected chi connectivity index (χ4v) is 3.54. The fourth-order valence-electron chi connectivity index (χ4n) is 2.27. The average molecular weight is 399 g/mol. The highest BCUT2D eigenvalue weighted by molar-refractivity contribution is 7.13. The lowest BCUT2D eigenvalue weighted by atomic mass is 9.93. The zero-order valence-corrected chi connectivity index (χ0v) is 16.8. The highest BCUT2D eigenvalue weighted by Gasteiger charge is 2.17. The van der Waals surface area contributed by atoms with Gasteiger partial charge in [-0.2, -0.15) is 0 Å². The molecule has 2 aromatic carbocycles. The van der Waals surface area contributed by atoms with Crippen LogP contribution in [-0.2, 0) is 10.3 Å². The Morgan fingerprint density at radius 2 is 1.85 bits per heavy atom. The van der Waals surface area contributed by atoms with Crippen molar-refractivity contribution in [1.29, 1.82) is 0 Å². The van der Waals surface area contributed by atoms with E-state index >= 15 is 0 Å². The van der Waals surface area contributed by atoms with Crippen LogP contribution in [0, 0.1) is 0 Å². The van der Waals surface area contributed by atoms with Crippen molar-refractivity contribution >= 4 is 35.1 Å². The third kappa shape index (κ3) is 4.81. The lowest BCUT2D eigenvalue weighted by molar-refractivity contribution is 0.0519. The van der Waals surface area contributed by atoms with E-state index in [1.165, 1.54) is 6.21 Å². The molecule has 1 aromatic heterocycles. The molecule has 27 heavy (non-hydrogen) atoms. The van der Waals surface area contributed by atoms with Gasteiger partial charge in [0.1, 0.15) is 5.01 Å². The van der Waals surface area contributed by atoms with Gasteiger partial charge in [0.15, 0.2) is 0 Å². The molecule has 1 heterocycles. The molecule has 3 rings (SSSR count). The van der Waals surface area contributed by atoms with Crippen molar-refractivity contribution in [3.63, 3.8) is 0 Å². The number of hydrogen-bond donors (Lipinski definition) is 0. The summed E-state index contributed by atoms with van der Waals surface area (Å²) in [6.45, 7) is 6.44. The van der Waals surface area contributed by atoms with E-state index in [1.54, 1.807) is 35.6 Å². The molecule has 0 aliphatic carbocycles. The van der Waals surface area contributed by atoms with E-state index in [0.717, 1.165) is 21.8 Å². The lowest BCUT2D eigenvalue weighted by Crippen LogP contribution is -2.11. The van der Waals surface area contributed by atoms with Gasteiger partial charge in [-0.25, -0.2) is 9.78 Å². The van der Waals surface area contributed by atoms with Crippen LogP contribution in [0.5, 0.6) is 0 Å². The number of nitrogens with zero attached hydrogens (tertiary/aromatic N) is 2. The molecule has 0 amide bonds. The highest BCUT2D eigenvalue weighted by Crippen LogP contribution is 2.29. The van der Waals surface area contributed by atoms with E-state index in [0.29, 0.717) is 5.02 Å². The van der Waals surface area contributed by atoms with Crippen LogP contribution >= 0.6 is 22.9 Å². The van der Waals surface area contributed by atoms with Gasteiger partial charge >= 0.3 is 5.97 Å². The van der Waals surface area contributed by atoms with Crippen LogP contribution in [0.2, 0.25) is 5.02 Å². The van der Waals surface area contributed by atoms with Crippen LogP contribution in [0.15, 0.2) is 59.1 Å². The Labute approximate surface area is 167 Å². The van der Waals surface area contributed by atoms with Crippen molar-refractivity contribution in [2.75, 3.05) is 0 Å². The summed E-state index contributed by atoms with van der Waals surface area (Å²) in [5.74, 6) is -0.592. The van der Waals surface area contributed by atoms with E-state index in [1.807, 2.05) is 24.3 Å². The quantitative estimate of drug-likeness (QED) is 0.310. The molecule has 0 spiro atoms. The van der Waals surface area contributed by atoms with Crippen LogP contribution in [0.1, 0.15) is 42.4 Å². The molecule has 6 heteroatoms. The largest absolute Gasteiger partial charge is 0.367 e. The van der Waals surface area contributed by atoms with Crippen LogP contribution < -0.4 is 0 Å². The third-order valence-electron chi connectivity index (χ3n) is 3.86. The highest BCUT2D eigenvalue weighted by atomic mass is 35.5. The summed E-state index contributed by atoms with van der Waals surface area (Å²) in [5, 5.41) is 7.16. The van der Waals surface area contributed by atoms with Crippen molar-refractivity contribution in [2.24, 2.45) is 5.16 Å². The number of halogens is 1. The molecule has 0 bridgehead atoms. The van der Waals surface area contributed by atoms with Gasteiger partial charge in [-0.3, -0.25) is 0 Å². The molecule has 0 saturated carbocycles. The second-order valence-electron chi connectivity index (χ2n) is 7.00. The molecule has 0 aliphatic heterocycles. The number of benzene rings is 2. The minimum Gasteiger partial charge on any atom is -0.313 e. The van der Waals surface area contributed by atoms with Gasteiger partial charge in [0, 0.05) is 16.4 Å². The molecule has 3 aromatic rings. The first-order valence-corrected chi connectivity index (χ1v) is 9.66. The Morgan fingerprint density at radius 3 is 2.48 bits per heavy atom. The summed E-state index contributed by atoms with van der Waals surface area (Å²) in [6.07, 6.45) is 1.49. The minimum absolute atomic E-state index is 0.0346. The van der Waals surface area contributed by atoms with Gasteiger partial charge in [0.2, 0.25) is 0 Å². The number of thiazole rings is 1. The molecule has 4 nitrogen and oxygen atoms in total. The van der Waals surface area contributed by atoms with Gasteiger partial charge in [-0.15, -0.1) is 11.3 Å². The predicted octanol–water partition coefficient (Wildman–Crippen LogP) is 5.95. The summed E-state index contributed by atoms with van der Waals surface area (Å²) in [7, 11) is 0. The van der Waals surface area contributed by atoms with Gasteiger partial charge in [0.25, 0.3) is 0 Å². The molecule has 0 unspecified atom stereocenters. The van der Waals surface area contributed by atoms with E-state index in [4.69, 9.17) is 21.4 Å². The number of carbonyl (C=O) groups excluding carboxylic acids is 1. The van der Waals surface area contributed by atoms with Crippen LogP contribution in [0.25, 0.3) is 10.6 Å². The number of carbonyl (C=O) groups is 1. The summed E-state index contributed by atoms with van der Waals surface area (Å²) in [4.78, 5) is 21.6. The monoisotopic (exact) mass is 398 g/mol. The van der Waals surface area contributed by atoms with Crippen molar-refractivity contribution in [3.05, 3.63) is 75.8 Å². The molecule has 0 atom stereocenters. The van der Waals surface area contributed by atoms with Crippen LogP contribution in [-0.4, -0.2) is 17.2 Å².